The lowest BCUT2D eigenvalue weighted by Crippen LogP contribution is -2.37. The maximum Gasteiger partial charge on any atom is 0.340 e. The number of amides is 1. The Morgan fingerprint density at radius 2 is 1.92 bits per heavy atom. The number of morpholine rings is 1. The van der Waals surface area contributed by atoms with Gasteiger partial charge >= 0.3 is 5.97 Å². The van der Waals surface area contributed by atoms with E-state index in [-0.39, 0.29) is 5.91 Å². The van der Waals surface area contributed by atoms with Gasteiger partial charge in [-0.25, -0.2) is 4.79 Å². The van der Waals surface area contributed by atoms with Gasteiger partial charge < -0.3 is 19.7 Å². The smallest absolute Gasteiger partial charge is 0.340 e. The van der Waals surface area contributed by atoms with Crippen LogP contribution in [0.25, 0.3) is 0 Å². The number of carbonyl (C=O) groups excluding carboxylic acids is 2. The Morgan fingerprint density at radius 3 is 2.62 bits per heavy atom. The molecule has 1 aliphatic rings. The molecule has 0 unspecified atom stereocenters. The van der Waals surface area contributed by atoms with Crippen molar-refractivity contribution < 1.29 is 19.1 Å². The monoisotopic (exact) mass is 374 g/mol. The molecule has 3 rings (SSSR count). The second-order valence-electron chi connectivity index (χ2n) is 5.79. The summed E-state index contributed by atoms with van der Waals surface area (Å²) in [4.78, 5) is 26.7. The van der Waals surface area contributed by atoms with Gasteiger partial charge in [0, 0.05) is 29.4 Å². The molecule has 0 aliphatic carbocycles. The second-order valence-corrected chi connectivity index (χ2v) is 6.22. The fourth-order valence-electron chi connectivity index (χ4n) is 2.80. The zero-order chi connectivity index (χ0) is 18.5. The lowest BCUT2D eigenvalue weighted by molar-refractivity contribution is 0.0600. The van der Waals surface area contributed by atoms with E-state index >= 15 is 0 Å². The van der Waals surface area contributed by atoms with Crippen molar-refractivity contribution in [1.82, 2.24) is 0 Å². The second kappa shape index (κ2) is 8.21. The minimum atomic E-state index is -0.453. The summed E-state index contributed by atoms with van der Waals surface area (Å²) in [5, 5.41) is 3.27. The number of hydrogen-bond donors (Lipinski definition) is 1. The normalized spacial score (nSPS) is 14.0. The van der Waals surface area contributed by atoms with Crippen LogP contribution >= 0.6 is 11.6 Å². The van der Waals surface area contributed by atoms with E-state index in [0.29, 0.717) is 48.1 Å². The van der Waals surface area contributed by atoms with Crippen LogP contribution < -0.4 is 10.2 Å². The Bertz CT molecular complexity index is 819. The summed E-state index contributed by atoms with van der Waals surface area (Å²) in [6.45, 7) is 2.60. The summed E-state index contributed by atoms with van der Waals surface area (Å²) in [7, 11) is 1.34. The molecule has 1 heterocycles. The van der Waals surface area contributed by atoms with Gasteiger partial charge in [0.2, 0.25) is 0 Å². The molecule has 0 spiro atoms. The standard InChI is InChI=1S/C19H19ClN2O4/c1-25-19(24)16-12-15(5-6-17(16)22-7-9-26-10-8-22)21-18(23)13-3-2-4-14(20)11-13/h2-6,11-12H,7-10H2,1H3,(H,21,23). The molecule has 2 aromatic rings. The van der Waals surface area contributed by atoms with Crippen molar-refractivity contribution >= 4 is 34.9 Å². The first-order valence-corrected chi connectivity index (χ1v) is 8.58. The van der Waals surface area contributed by atoms with Gasteiger partial charge in [-0.3, -0.25) is 4.79 Å². The molecular weight excluding hydrogens is 356 g/mol. The largest absolute Gasteiger partial charge is 0.465 e. The molecule has 7 heteroatoms. The molecule has 136 valence electrons. The lowest BCUT2D eigenvalue weighted by Gasteiger charge is -2.30. The number of carbonyl (C=O) groups is 2. The van der Waals surface area contributed by atoms with Gasteiger partial charge in [0.1, 0.15) is 0 Å². The molecule has 0 atom stereocenters. The highest BCUT2D eigenvalue weighted by Gasteiger charge is 2.20. The zero-order valence-corrected chi connectivity index (χ0v) is 15.1. The summed E-state index contributed by atoms with van der Waals surface area (Å²) in [5.74, 6) is -0.757. The third-order valence-corrected chi connectivity index (χ3v) is 4.33. The van der Waals surface area contributed by atoms with Crippen molar-refractivity contribution in [2.75, 3.05) is 43.6 Å². The van der Waals surface area contributed by atoms with E-state index in [9.17, 15) is 9.59 Å². The number of methoxy groups -OCH3 is 1. The van der Waals surface area contributed by atoms with Crippen molar-refractivity contribution in [3.05, 3.63) is 58.6 Å². The van der Waals surface area contributed by atoms with E-state index in [4.69, 9.17) is 21.1 Å². The summed E-state index contributed by atoms with van der Waals surface area (Å²) < 4.78 is 10.3. The molecular formula is C19H19ClN2O4. The molecule has 0 saturated carbocycles. The number of hydrogen-bond acceptors (Lipinski definition) is 5. The van der Waals surface area contributed by atoms with Crippen molar-refractivity contribution in [2.45, 2.75) is 0 Å². The van der Waals surface area contributed by atoms with Crippen molar-refractivity contribution in [3.8, 4) is 0 Å². The van der Waals surface area contributed by atoms with Crippen LogP contribution in [-0.4, -0.2) is 45.3 Å². The van der Waals surface area contributed by atoms with E-state index in [1.807, 2.05) is 6.07 Å². The minimum absolute atomic E-state index is 0.303. The SMILES string of the molecule is COC(=O)c1cc(NC(=O)c2cccc(Cl)c2)ccc1N1CCOCC1. The number of nitrogens with one attached hydrogen (secondary N) is 1. The number of anilines is 2. The topological polar surface area (TPSA) is 67.9 Å². The molecule has 0 bridgehead atoms. The summed E-state index contributed by atoms with van der Waals surface area (Å²) >= 11 is 5.93. The quantitative estimate of drug-likeness (QED) is 0.832. The molecule has 0 radical (unpaired) electrons. The molecule has 1 saturated heterocycles. The maximum absolute atomic E-state index is 12.4. The third-order valence-electron chi connectivity index (χ3n) is 4.10. The van der Waals surface area contributed by atoms with Crippen LogP contribution in [0.2, 0.25) is 5.02 Å². The van der Waals surface area contributed by atoms with Crippen LogP contribution in [0.5, 0.6) is 0 Å². The number of halogens is 1. The Labute approximate surface area is 156 Å². The lowest BCUT2D eigenvalue weighted by atomic mass is 10.1. The predicted molar refractivity (Wildman–Crippen MR) is 100 cm³/mol. The number of esters is 1. The van der Waals surface area contributed by atoms with Gasteiger partial charge in [0.05, 0.1) is 31.6 Å². The predicted octanol–water partition coefficient (Wildman–Crippen LogP) is 3.22. The highest BCUT2D eigenvalue weighted by molar-refractivity contribution is 6.31. The van der Waals surface area contributed by atoms with Gasteiger partial charge in [-0.15, -0.1) is 0 Å². The average Bonchev–Trinajstić information content (AvgIpc) is 2.68. The van der Waals surface area contributed by atoms with Gasteiger partial charge in [-0.2, -0.15) is 0 Å². The Kier molecular flexibility index (Phi) is 5.75. The van der Waals surface area contributed by atoms with E-state index in [0.717, 1.165) is 5.69 Å². The Morgan fingerprint density at radius 1 is 1.15 bits per heavy atom. The number of ether oxygens (including phenoxy) is 2. The Hall–Kier alpha value is -2.57. The zero-order valence-electron chi connectivity index (χ0n) is 14.3. The first kappa shape index (κ1) is 18.2. The van der Waals surface area contributed by atoms with Crippen LogP contribution in [0.3, 0.4) is 0 Å². The summed E-state index contributed by atoms with van der Waals surface area (Å²) in [6.07, 6.45) is 0. The van der Waals surface area contributed by atoms with Gasteiger partial charge in [0.15, 0.2) is 0 Å². The van der Waals surface area contributed by atoms with Crippen LogP contribution in [0.15, 0.2) is 42.5 Å². The van der Waals surface area contributed by atoms with Gasteiger partial charge in [-0.05, 0) is 36.4 Å². The van der Waals surface area contributed by atoms with Crippen molar-refractivity contribution in [2.24, 2.45) is 0 Å². The van der Waals surface area contributed by atoms with Crippen molar-refractivity contribution in [3.63, 3.8) is 0 Å². The van der Waals surface area contributed by atoms with E-state index in [1.54, 1.807) is 36.4 Å². The molecule has 1 amide bonds. The van der Waals surface area contributed by atoms with Crippen LogP contribution in [0.4, 0.5) is 11.4 Å². The van der Waals surface area contributed by atoms with E-state index in [2.05, 4.69) is 10.2 Å². The molecule has 26 heavy (non-hydrogen) atoms. The fourth-order valence-corrected chi connectivity index (χ4v) is 2.99. The molecule has 0 aromatic heterocycles. The number of benzene rings is 2. The van der Waals surface area contributed by atoms with Gasteiger partial charge in [0.25, 0.3) is 5.91 Å². The van der Waals surface area contributed by atoms with E-state index < -0.39 is 5.97 Å². The summed E-state index contributed by atoms with van der Waals surface area (Å²) in [5.41, 5.74) is 2.11. The first-order valence-electron chi connectivity index (χ1n) is 8.20. The molecule has 1 fully saturated rings. The number of rotatable bonds is 4. The molecule has 1 aliphatic heterocycles. The van der Waals surface area contributed by atoms with E-state index in [1.165, 1.54) is 7.11 Å². The fraction of sp³-hybridized carbons (Fsp3) is 0.263. The Balaban J connectivity index is 1.86. The molecule has 2 aromatic carbocycles. The highest BCUT2D eigenvalue weighted by atomic mass is 35.5. The van der Waals surface area contributed by atoms with Crippen molar-refractivity contribution in [1.29, 1.82) is 0 Å². The minimum Gasteiger partial charge on any atom is -0.465 e. The molecule has 6 nitrogen and oxygen atoms in total. The van der Waals surface area contributed by atoms with Gasteiger partial charge in [-0.1, -0.05) is 17.7 Å². The van der Waals surface area contributed by atoms with Crippen LogP contribution in [0.1, 0.15) is 20.7 Å². The number of nitrogens with zero attached hydrogens (tertiary/aromatic N) is 1. The molecule has 1 N–H and O–H groups in total. The first-order chi connectivity index (χ1) is 12.6. The highest BCUT2D eigenvalue weighted by Crippen LogP contribution is 2.26. The average molecular weight is 375 g/mol. The third kappa shape index (κ3) is 4.15. The van der Waals surface area contributed by atoms with Crippen LogP contribution in [0, 0.1) is 0 Å². The maximum atomic E-state index is 12.4. The summed E-state index contributed by atoms with van der Waals surface area (Å²) in [6, 6.07) is 11.9. The van der Waals surface area contributed by atoms with Crippen LogP contribution in [-0.2, 0) is 9.47 Å².